The Hall–Kier alpha value is -2.43. The van der Waals surface area contributed by atoms with Gasteiger partial charge in [-0.05, 0) is 35.7 Å². The molecule has 0 saturated heterocycles. The molecule has 0 atom stereocenters. The van der Waals surface area contributed by atoms with Crippen molar-refractivity contribution in [1.82, 2.24) is 10.6 Å². The second-order valence-electron chi connectivity index (χ2n) is 4.82. The lowest BCUT2D eigenvalue weighted by Crippen LogP contribution is -2.37. The van der Waals surface area contributed by atoms with Gasteiger partial charge in [-0.25, -0.2) is 8.78 Å². The van der Waals surface area contributed by atoms with E-state index < -0.39 is 0 Å². The summed E-state index contributed by atoms with van der Waals surface area (Å²) >= 11 is 0. The second-order valence-corrected chi connectivity index (χ2v) is 4.82. The number of hydrogen-bond donors (Lipinski definition) is 2. The van der Waals surface area contributed by atoms with E-state index in [0.717, 1.165) is 5.56 Å². The summed E-state index contributed by atoms with van der Waals surface area (Å²) in [6, 6.07) is 13.1. The molecule has 0 fully saturated rings. The molecule has 5 heteroatoms. The van der Waals surface area contributed by atoms with E-state index in [9.17, 15) is 8.78 Å². The maximum Gasteiger partial charge on any atom is 0.191 e. The highest BCUT2D eigenvalue weighted by Crippen LogP contribution is 2.06. The molecular formula is C17H19F2N3. The van der Waals surface area contributed by atoms with Crippen molar-refractivity contribution in [3.63, 3.8) is 0 Å². The molecular weight excluding hydrogens is 284 g/mol. The Morgan fingerprint density at radius 1 is 1.05 bits per heavy atom. The molecule has 0 bridgehead atoms. The molecule has 2 N–H and O–H groups in total. The average molecular weight is 303 g/mol. The van der Waals surface area contributed by atoms with Gasteiger partial charge >= 0.3 is 0 Å². The van der Waals surface area contributed by atoms with Crippen molar-refractivity contribution < 1.29 is 8.78 Å². The fourth-order valence-electron chi connectivity index (χ4n) is 2.07. The number of halogens is 2. The van der Waals surface area contributed by atoms with E-state index in [1.54, 1.807) is 25.2 Å². The van der Waals surface area contributed by atoms with Crippen LogP contribution in [0.25, 0.3) is 0 Å². The van der Waals surface area contributed by atoms with Crippen molar-refractivity contribution in [2.24, 2.45) is 4.99 Å². The highest BCUT2D eigenvalue weighted by molar-refractivity contribution is 5.79. The fourth-order valence-corrected chi connectivity index (χ4v) is 2.07. The van der Waals surface area contributed by atoms with Crippen molar-refractivity contribution in [2.75, 3.05) is 13.6 Å². The molecule has 3 nitrogen and oxygen atoms in total. The molecule has 2 aromatic rings. The van der Waals surface area contributed by atoms with Crippen LogP contribution in [-0.4, -0.2) is 19.6 Å². The molecule has 0 amide bonds. The van der Waals surface area contributed by atoms with E-state index in [-0.39, 0.29) is 11.6 Å². The largest absolute Gasteiger partial charge is 0.356 e. The number of guanidine groups is 1. The van der Waals surface area contributed by atoms with Crippen LogP contribution >= 0.6 is 0 Å². The van der Waals surface area contributed by atoms with Crippen molar-refractivity contribution in [2.45, 2.75) is 13.0 Å². The average Bonchev–Trinajstić information content (AvgIpc) is 2.52. The molecule has 0 spiro atoms. The van der Waals surface area contributed by atoms with E-state index in [2.05, 4.69) is 15.6 Å². The lowest BCUT2D eigenvalue weighted by molar-refractivity contribution is 0.606. The lowest BCUT2D eigenvalue weighted by Gasteiger charge is -2.12. The van der Waals surface area contributed by atoms with Gasteiger partial charge in [-0.15, -0.1) is 0 Å². The normalized spacial score (nSPS) is 11.3. The zero-order chi connectivity index (χ0) is 15.8. The van der Waals surface area contributed by atoms with Crippen LogP contribution in [0.5, 0.6) is 0 Å². The lowest BCUT2D eigenvalue weighted by atomic mass is 10.1. The predicted octanol–water partition coefficient (Wildman–Crippen LogP) is 2.87. The van der Waals surface area contributed by atoms with Crippen LogP contribution in [0, 0.1) is 11.6 Å². The van der Waals surface area contributed by atoms with Gasteiger partial charge in [-0.1, -0.05) is 30.3 Å². The van der Waals surface area contributed by atoms with Crippen LogP contribution < -0.4 is 10.6 Å². The fraction of sp³-hybridized carbons (Fsp3) is 0.235. The Morgan fingerprint density at radius 2 is 1.86 bits per heavy atom. The Labute approximate surface area is 129 Å². The third-order valence-electron chi connectivity index (χ3n) is 3.22. The van der Waals surface area contributed by atoms with Crippen LogP contribution in [0.4, 0.5) is 8.78 Å². The minimum atomic E-state index is -0.262. The summed E-state index contributed by atoms with van der Waals surface area (Å²) < 4.78 is 26.6. The molecule has 0 radical (unpaired) electrons. The topological polar surface area (TPSA) is 36.4 Å². The Kier molecular flexibility index (Phi) is 5.89. The summed E-state index contributed by atoms with van der Waals surface area (Å²) in [6.45, 7) is 1.03. The van der Waals surface area contributed by atoms with Crippen molar-refractivity contribution >= 4 is 5.96 Å². The van der Waals surface area contributed by atoms with Gasteiger partial charge in [0.2, 0.25) is 0 Å². The van der Waals surface area contributed by atoms with Gasteiger partial charge in [0.05, 0.1) is 0 Å². The van der Waals surface area contributed by atoms with Crippen LogP contribution in [0.3, 0.4) is 0 Å². The number of aliphatic imine (C=N–C) groups is 1. The van der Waals surface area contributed by atoms with E-state index in [0.29, 0.717) is 31.0 Å². The summed E-state index contributed by atoms with van der Waals surface area (Å²) in [7, 11) is 1.66. The maximum absolute atomic E-state index is 13.5. The number of nitrogens with zero attached hydrogens (tertiary/aromatic N) is 1. The molecule has 0 unspecified atom stereocenters. The minimum Gasteiger partial charge on any atom is -0.356 e. The van der Waals surface area contributed by atoms with Gasteiger partial charge in [0.25, 0.3) is 0 Å². The summed E-state index contributed by atoms with van der Waals surface area (Å²) in [5.74, 6) is 0.134. The Balaban J connectivity index is 1.79. The number of nitrogens with one attached hydrogen (secondary N) is 2. The summed E-state index contributed by atoms with van der Waals surface area (Å²) in [5.41, 5.74) is 1.49. The van der Waals surface area contributed by atoms with Gasteiger partial charge in [-0.2, -0.15) is 0 Å². The van der Waals surface area contributed by atoms with Gasteiger partial charge in [0.1, 0.15) is 11.6 Å². The van der Waals surface area contributed by atoms with Crippen LogP contribution in [0.15, 0.2) is 53.5 Å². The van der Waals surface area contributed by atoms with Crippen LogP contribution in [0.2, 0.25) is 0 Å². The highest BCUT2D eigenvalue weighted by atomic mass is 19.1. The molecule has 116 valence electrons. The summed E-state index contributed by atoms with van der Waals surface area (Å²) in [5, 5.41) is 6.20. The van der Waals surface area contributed by atoms with Gasteiger partial charge < -0.3 is 10.6 Å². The Morgan fingerprint density at radius 3 is 2.59 bits per heavy atom. The van der Waals surface area contributed by atoms with E-state index in [1.807, 2.05) is 12.1 Å². The molecule has 0 aliphatic rings. The molecule has 0 aliphatic carbocycles. The molecule has 22 heavy (non-hydrogen) atoms. The monoisotopic (exact) mass is 303 g/mol. The van der Waals surface area contributed by atoms with E-state index in [4.69, 9.17) is 0 Å². The highest BCUT2D eigenvalue weighted by Gasteiger charge is 2.02. The summed E-state index contributed by atoms with van der Waals surface area (Å²) in [4.78, 5) is 4.09. The molecule has 0 aliphatic heterocycles. The van der Waals surface area contributed by atoms with E-state index in [1.165, 1.54) is 18.2 Å². The first-order valence-corrected chi connectivity index (χ1v) is 7.11. The van der Waals surface area contributed by atoms with Gasteiger partial charge in [0, 0.05) is 20.1 Å². The zero-order valence-corrected chi connectivity index (χ0v) is 12.4. The third kappa shape index (κ3) is 4.84. The Bertz CT molecular complexity index is 641. The predicted molar refractivity (Wildman–Crippen MR) is 84.7 cm³/mol. The van der Waals surface area contributed by atoms with Crippen molar-refractivity contribution in [1.29, 1.82) is 0 Å². The number of benzene rings is 2. The van der Waals surface area contributed by atoms with Crippen molar-refractivity contribution in [3.05, 3.63) is 71.3 Å². The SMILES string of the molecule is CN=C(NCCc1ccccc1F)NCc1cccc(F)c1. The first-order chi connectivity index (χ1) is 10.7. The van der Waals surface area contributed by atoms with Crippen molar-refractivity contribution in [3.8, 4) is 0 Å². The smallest absolute Gasteiger partial charge is 0.191 e. The first-order valence-electron chi connectivity index (χ1n) is 7.11. The molecule has 0 saturated carbocycles. The minimum absolute atomic E-state index is 0.202. The molecule has 0 aromatic heterocycles. The molecule has 0 heterocycles. The maximum atomic E-state index is 13.5. The summed E-state index contributed by atoms with van der Waals surface area (Å²) in [6.07, 6.45) is 0.563. The zero-order valence-electron chi connectivity index (χ0n) is 12.4. The molecule has 2 aromatic carbocycles. The first kappa shape index (κ1) is 15.9. The van der Waals surface area contributed by atoms with Gasteiger partial charge in [-0.3, -0.25) is 4.99 Å². The number of rotatable bonds is 5. The van der Waals surface area contributed by atoms with Crippen LogP contribution in [-0.2, 0) is 13.0 Å². The quantitative estimate of drug-likeness (QED) is 0.658. The standard InChI is InChI=1S/C17H19F2N3/c1-20-17(22-12-13-5-4-7-15(18)11-13)21-10-9-14-6-2-3-8-16(14)19/h2-8,11H,9-10,12H2,1H3,(H2,20,21,22). The van der Waals surface area contributed by atoms with Crippen LogP contribution in [0.1, 0.15) is 11.1 Å². The molecule has 2 rings (SSSR count). The van der Waals surface area contributed by atoms with E-state index >= 15 is 0 Å². The number of hydrogen-bond acceptors (Lipinski definition) is 1. The van der Waals surface area contributed by atoms with Gasteiger partial charge in [0.15, 0.2) is 5.96 Å². The third-order valence-corrected chi connectivity index (χ3v) is 3.22. The second kappa shape index (κ2) is 8.12.